The summed E-state index contributed by atoms with van der Waals surface area (Å²) in [5, 5.41) is 7.34. The summed E-state index contributed by atoms with van der Waals surface area (Å²) in [5.74, 6) is -0.166. The van der Waals surface area contributed by atoms with Crippen LogP contribution in [0.15, 0.2) is 28.3 Å². The molecule has 0 aromatic carbocycles. The second-order valence-electron chi connectivity index (χ2n) is 6.04. The number of rotatable bonds is 6. The summed E-state index contributed by atoms with van der Waals surface area (Å²) in [5.41, 5.74) is 2.35. The molecular formula is C16H23N5O3S2. The van der Waals surface area contributed by atoms with Crippen LogP contribution >= 0.6 is 11.8 Å². The highest BCUT2D eigenvalue weighted by Crippen LogP contribution is 2.25. The minimum atomic E-state index is -3.51. The van der Waals surface area contributed by atoms with Crippen molar-refractivity contribution < 1.29 is 13.2 Å². The summed E-state index contributed by atoms with van der Waals surface area (Å²) in [6.07, 6.45) is 1.30. The molecule has 2 aromatic rings. The molecule has 0 bridgehead atoms. The van der Waals surface area contributed by atoms with Gasteiger partial charge >= 0.3 is 0 Å². The first-order valence-electron chi connectivity index (χ1n) is 7.90. The zero-order chi connectivity index (χ0) is 19.6. The summed E-state index contributed by atoms with van der Waals surface area (Å²) in [4.78, 5) is 16.7. The molecule has 0 unspecified atom stereocenters. The lowest BCUT2D eigenvalue weighted by Crippen LogP contribution is -2.23. The van der Waals surface area contributed by atoms with Crippen LogP contribution in [0.5, 0.6) is 0 Å². The SMILES string of the molecule is Cc1nn(C)c(C)c1NC(=O)[C@@H](C)Sc1ccc(S(=O)(=O)N(C)C)cn1. The topological polar surface area (TPSA) is 97.2 Å². The number of carbonyl (C=O) groups is 1. The highest BCUT2D eigenvalue weighted by atomic mass is 32.2. The molecule has 0 spiro atoms. The fraction of sp³-hybridized carbons (Fsp3) is 0.438. The van der Waals surface area contributed by atoms with Crippen LogP contribution in [0.3, 0.4) is 0 Å². The number of sulfonamides is 1. The van der Waals surface area contributed by atoms with Gasteiger partial charge < -0.3 is 5.32 Å². The zero-order valence-electron chi connectivity index (χ0n) is 15.6. The van der Waals surface area contributed by atoms with E-state index in [0.29, 0.717) is 10.7 Å². The van der Waals surface area contributed by atoms with E-state index in [0.717, 1.165) is 15.7 Å². The fourth-order valence-electron chi connectivity index (χ4n) is 2.21. The fourth-order valence-corrected chi connectivity index (χ4v) is 3.85. The number of amides is 1. The Morgan fingerprint density at radius 3 is 2.42 bits per heavy atom. The summed E-state index contributed by atoms with van der Waals surface area (Å²) in [6, 6.07) is 3.09. The van der Waals surface area contributed by atoms with Crippen LogP contribution in [0.4, 0.5) is 5.69 Å². The molecule has 142 valence electrons. The van der Waals surface area contributed by atoms with Crippen molar-refractivity contribution in [2.24, 2.45) is 7.05 Å². The van der Waals surface area contributed by atoms with Gasteiger partial charge in [0.15, 0.2) is 0 Å². The molecule has 0 saturated heterocycles. The standard InChI is InChI=1S/C16H23N5O3S2/c1-10-15(11(2)21(6)19-10)18-16(22)12(3)25-14-8-7-13(9-17-14)26(23,24)20(4)5/h7-9,12H,1-6H3,(H,18,22)/t12-/m1/s1. The van der Waals surface area contributed by atoms with E-state index in [2.05, 4.69) is 15.4 Å². The quantitative estimate of drug-likeness (QED) is 0.747. The third-order valence-corrected chi connectivity index (χ3v) is 6.76. The molecule has 1 atom stereocenters. The molecule has 1 N–H and O–H groups in total. The summed E-state index contributed by atoms with van der Waals surface area (Å²) in [6.45, 7) is 5.50. The predicted molar refractivity (Wildman–Crippen MR) is 102 cm³/mol. The van der Waals surface area contributed by atoms with E-state index in [1.807, 2.05) is 20.9 Å². The molecule has 0 aliphatic rings. The summed E-state index contributed by atoms with van der Waals surface area (Å²) >= 11 is 1.26. The first-order chi connectivity index (χ1) is 12.0. The van der Waals surface area contributed by atoms with Crippen molar-refractivity contribution in [3.8, 4) is 0 Å². The largest absolute Gasteiger partial charge is 0.322 e. The highest BCUT2D eigenvalue weighted by Gasteiger charge is 2.21. The van der Waals surface area contributed by atoms with Crippen LogP contribution in [0, 0.1) is 13.8 Å². The highest BCUT2D eigenvalue weighted by molar-refractivity contribution is 8.00. The van der Waals surface area contributed by atoms with E-state index in [4.69, 9.17) is 0 Å². The Hall–Kier alpha value is -1.91. The Morgan fingerprint density at radius 1 is 1.31 bits per heavy atom. The van der Waals surface area contributed by atoms with Crippen molar-refractivity contribution in [3.63, 3.8) is 0 Å². The van der Waals surface area contributed by atoms with Gasteiger partial charge in [-0.2, -0.15) is 5.10 Å². The number of hydrogen-bond donors (Lipinski definition) is 1. The van der Waals surface area contributed by atoms with Crippen LogP contribution < -0.4 is 5.32 Å². The molecule has 0 aliphatic heterocycles. The number of nitrogens with zero attached hydrogens (tertiary/aromatic N) is 4. The third-order valence-electron chi connectivity index (χ3n) is 3.91. The van der Waals surface area contributed by atoms with Crippen LogP contribution in [0.2, 0.25) is 0 Å². The first kappa shape index (κ1) is 20.4. The molecule has 1 amide bonds. The second-order valence-corrected chi connectivity index (χ2v) is 9.55. The lowest BCUT2D eigenvalue weighted by molar-refractivity contribution is -0.115. The number of carbonyl (C=O) groups excluding carboxylic acids is 1. The maximum Gasteiger partial charge on any atom is 0.244 e. The number of hydrogen-bond acceptors (Lipinski definition) is 6. The van der Waals surface area contributed by atoms with Crippen LogP contribution in [-0.4, -0.2) is 52.7 Å². The van der Waals surface area contributed by atoms with Crippen LogP contribution in [-0.2, 0) is 21.9 Å². The Bertz CT molecular complexity index is 905. The van der Waals surface area contributed by atoms with Gasteiger partial charge in [0.25, 0.3) is 0 Å². The van der Waals surface area contributed by atoms with Gasteiger partial charge in [0.05, 0.1) is 27.4 Å². The van der Waals surface area contributed by atoms with Gasteiger partial charge in [0.2, 0.25) is 15.9 Å². The molecule has 0 aliphatic carbocycles. The van der Waals surface area contributed by atoms with Crippen molar-refractivity contribution in [1.82, 2.24) is 19.1 Å². The number of anilines is 1. The molecule has 0 saturated carbocycles. The molecule has 2 heterocycles. The molecule has 0 fully saturated rings. The first-order valence-corrected chi connectivity index (χ1v) is 10.2. The molecule has 2 aromatic heterocycles. The predicted octanol–water partition coefficient (Wildman–Crippen LogP) is 1.80. The summed E-state index contributed by atoms with van der Waals surface area (Å²) < 4.78 is 26.9. The number of pyridine rings is 1. The Morgan fingerprint density at radius 2 is 1.96 bits per heavy atom. The van der Waals surface area contributed by atoms with Crippen molar-refractivity contribution in [3.05, 3.63) is 29.7 Å². The van der Waals surface area contributed by atoms with Gasteiger partial charge in [-0.1, -0.05) is 11.8 Å². The average Bonchev–Trinajstić information content (AvgIpc) is 2.81. The minimum Gasteiger partial charge on any atom is -0.322 e. The molecular weight excluding hydrogens is 374 g/mol. The second kappa shape index (κ2) is 7.77. The van der Waals surface area contributed by atoms with E-state index < -0.39 is 15.3 Å². The van der Waals surface area contributed by atoms with Crippen LogP contribution in [0.1, 0.15) is 18.3 Å². The smallest absolute Gasteiger partial charge is 0.244 e. The minimum absolute atomic E-state index is 0.116. The van der Waals surface area contributed by atoms with Crippen molar-refractivity contribution in [2.45, 2.75) is 35.9 Å². The molecule has 10 heteroatoms. The van der Waals surface area contributed by atoms with Gasteiger partial charge in [-0.05, 0) is 32.9 Å². The lowest BCUT2D eigenvalue weighted by Gasteiger charge is -2.13. The lowest BCUT2D eigenvalue weighted by atomic mass is 10.3. The number of thioether (sulfide) groups is 1. The number of aromatic nitrogens is 3. The van der Waals surface area contributed by atoms with Gasteiger partial charge in [-0.25, -0.2) is 17.7 Å². The van der Waals surface area contributed by atoms with E-state index >= 15 is 0 Å². The normalized spacial score (nSPS) is 13.0. The van der Waals surface area contributed by atoms with Gasteiger partial charge in [0.1, 0.15) is 4.90 Å². The summed E-state index contributed by atoms with van der Waals surface area (Å²) in [7, 11) is 1.24. The van der Waals surface area contributed by atoms with E-state index in [9.17, 15) is 13.2 Å². The zero-order valence-corrected chi connectivity index (χ0v) is 17.3. The third kappa shape index (κ3) is 4.25. The van der Waals surface area contributed by atoms with Crippen LogP contribution in [0.25, 0.3) is 0 Å². The molecule has 0 radical (unpaired) electrons. The number of aryl methyl sites for hydroxylation is 2. The number of nitrogens with one attached hydrogen (secondary N) is 1. The van der Waals surface area contributed by atoms with Gasteiger partial charge in [0, 0.05) is 27.3 Å². The molecule has 26 heavy (non-hydrogen) atoms. The average molecular weight is 398 g/mol. The maximum atomic E-state index is 12.4. The maximum absolute atomic E-state index is 12.4. The monoisotopic (exact) mass is 397 g/mol. The molecule has 8 nitrogen and oxygen atoms in total. The van der Waals surface area contributed by atoms with Gasteiger partial charge in [-0.3, -0.25) is 9.48 Å². The Labute approximate surface area is 158 Å². The van der Waals surface area contributed by atoms with E-state index in [1.54, 1.807) is 17.7 Å². The van der Waals surface area contributed by atoms with E-state index in [1.165, 1.54) is 38.1 Å². The van der Waals surface area contributed by atoms with Crippen molar-refractivity contribution >= 4 is 33.4 Å². The van der Waals surface area contributed by atoms with Crippen molar-refractivity contribution in [1.29, 1.82) is 0 Å². The molecule has 2 rings (SSSR count). The van der Waals surface area contributed by atoms with E-state index in [-0.39, 0.29) is 10.8 Å². The van der Waals surface area contributed by atoms with Crippen molar-refractivity contribution in [2.75, 3.05) is 19.4 Å². The Kier molecular flexibility index (Phi) is 6.09. The Balaban J connectivity index is 2.07. The van der Waals surface area contributed by atoms with Gasteiger partial charge in [-0.15, -0.1) is 0 Å².